The van der Waals surface area contributed by atoms with Gasteiger partial charge in [-0.05, 0) is 55.2 Å². The van der Waals surface area contributed by atoms with Gasteiger partial charge in [-0.1, -0.05) is 11.6 Å². The topological polar surface area (TPSA) is 109 Å². The molecule has 8 heteroatoms. The average Bonchev–Trinajstić information content (AvgIpc) is 2.21. The van der Waals surface area contributed by atoms with E-state index in [4.69, 9.17) is 0 Å². The minimum absolute atomic E-state index is 0.0314. The van der Waals surface area contributed by atoms with E-state index in [0.717, 1.165) is 11.6 Å². The van der Waals surface area contributed by atoms with Gasteiger partial charge in [0, 0.05) is 0 Å². The summed E-state index contributed by atoms with van der Waals surface area (Å²) in [5.41, 5.74) is 1.83. The molecule has 6 nitrogen and oxygen atoms in total. The van der Waals surface area contributed by atoms with Gasteiger partial charge in [-0.15, -0.1) is 0 Å². The summed E-state index contributed by atoms with van der Waals surface area (Å²) in [4.78, 5) is -0.776. The molecule has 1 aromatic rings. The first-order valence-electron chi connectivity index (χ1n) is 5.96. The first-order chi connectivity index (χ1) is 9.48. The van der Waals surface area contributed by atoms with E-state index in [-0.39, 0.29) is 10.5 Å². The molecule has 0 aliphatic heterocycles. The smallest absolute Gasteiger partial charge is 0.282 e. The third-order valence-electron chi connectivity index (χ3n) is 3.09. The molecule has 0 aromatic heterocycles. The van der Waals surface area contributed by atoms with Crippen molar-refractivity contribution in [1.29, 1.82) is 0 Å². The highest BCUT2D eigenvalue weighted by Crippen LogP contribution is 2.29. The predicted molar refractivity (Wildman–Crippen MR) is 78.0 cm³/mol. The number of hydrogen-bond acceptors (Lipinski definition) is 4. The van der Waals surface area contributed by atoms with Crippen molar-refractivity contribution in [2.75, 3.05) is 0 Å². The van der Waals surface area contributed by atoms with E-state index in [1.165, 1.54) is 19.1 Å². The largest absolute Gasteiger partial charge is 0.295 e. The Labute approximate surface area is 123 Å². The predicted octanol–water partition coefficient (Wildman–Crippen LogP) is 1.97. The Hall–Kier alpha value is -1.48. The highest BCUT2D eigenvalue weighted by molar-refractivity contribution is 7.90. The first kappa shape index (κ1) is 15.9. The third-order valence-corrected chi connectivity index (χ3v) is 4.99. The minimum atomic E-state index is -4.51. The van der Waals surface area contributed by atoms with E-state index in [1.807, 2.05) is 0 Å². The molecule has 0 saturated carbocycles. The van der Waals surface area contributed by atoms with Crippen LogP contribution in [0.2, 0.25) is 0 Å². The molecule has 2 bridgehead atoms. The molecule has 0 spiro atoms. The lowest BCUT2D eigenvalue weighted by molar-refractivity contribution is 0.481. The van der Waals surface area contributed by atoms with E-state index < -0.39 is 25.1 Å². The fourth-order valence-corrected chi connectivity index (χ4v) is 3.91. The number of aryl methyl sites for hydroxylation is 1. The average molecular weight is 330 g/mol. The van der Waals surface area contributed by atoms with Crippen molar-refractivity contribution in [2.45, 2.75) is 25.2 Å². The van der Waals surface area contributed by atoms with Crippen LogP contribution in [0.3, 0.4) is 0 Å². The molecule has 21 heavy (non-hydrogen) atoms. The molecule has 114 valence electrons. The van der Waals surface area contributed by atoms with Crippen molar-refractivity contribution in [2.24, 2.45) is 0 Å². The van der Waals surface area contributed by atoms with Gasteiger partial charge in [-0.2, -0.15) is 16.8 Å². The zero-order valence-electron chi connectivity index (χ0n) is 11.4. The zero-order chi connectivity index (χ0) is 16.0. The summed E-state index contributed by atoms with van der Waals surface area (Å²) in [7, 11) is -9.01. The lowest BCUT2D eigenvalue weighted by Gasteiger charge is -2.14. The van der Waals surface area contributed by atoms with Crippen LogP contribution in [-0.2, 0) is 26.7 Å². The number of allylic oxidation sites excluding steroid dienone is 2. The zero-order valence-corrected chi connectivity index (χ0v) is 13.0. The highest BCUT2D eigenvalue weighted by atomic mass is 32.2. The number of rotatable bonds is 2. The van der Waals surface area contributed by atoms with Gasteiger partial charge in [0.2, 0.25) is 0 Å². The van der Waals surface area contributed by atoms with Crippen LogP contribution in [-0.4, -0.2) is 25.9 Å². The molecule has 0 atom stereocenters. The van der Waals surface area contributed by atoms with E-state index in [2.05, 4.69) is 0 Å². The van der Waals surface area contributed by atoms with Crippen molar-refractivity contribution >= 4 is 26.3 Å². The van der Waals surface area contributed by atoms with Crippen LogP contribution in [0.15, 0.2) is 33.6 Å². The van der Waals surface area contributed by atoms with E-state index in [0.29, 0.717) is 17.6 Å². The Kier molecular flexibility index (Phi) is 3.83. The summed E-state index contributed by atoms with van der Waals surface area (Å²) in [5.74, 6) is 0. The summed E-state index contributed by atoms with van der Waals surface area (Å²) in [6.07, 6.45) is 2.72. The molecule has 0 radical (unpaired) electrons. The second-order valence-corrected chi connectivity index (χ2v) is 7.78. The molecule has 0 unspecified atom stereocenters. The van der Waals surface area contributed by atoms with E-state index >= 15 is 0 Å². The maximum atomic E-state index is 11.5. The van der Waals surface area contributed by atoms with Crippen LogP contribution in [0.5, 0.6) is 0 Å². The summed E-state index contributed by atoms with van der Waals surface area (Å²) in [6, 6.07) is 3.11. The number of fused-ring (bicyclic) bond motifs is 2. The van der Waals surface area contributed by atoms with Gasteiger partial charge < -0.3 is 0 Å². The Morgan fingerprint density at radius 2 is 1.57 bits per heavy atom. The first-order valence-corrected chi connectivity index (χ1v) is 8.84. The monoisotopic (exact) mass is 330 g/mol. The van der Waals surface area contributed by atoms with E-state index in [1.54, 1.807) is 13.0 Å². The minimum Gasteiger partial charge on any atom is -0.282 e. The van der Waals surface area contributed by atoms with Crippen molar-refractivity contribution in [3.8, 4) is 0 Å². The van der Waals surface area contributed by atoms with Crippen molar-refractivity contribution in [3.63, 3.8) is 0 Å². The van der Waals surface area contributed by atoms with Crippen LogP contribution in [0.4, 0.5) is 0 Å². The SMILES string of the molecule is CC1=CC(S(=O)(=O)O)=Cc2cc(cc(C)c2S(=O)(=O)O)C1. The van der Waals surface area contributed by atoms with Crippen molar-refractivity contribution < 1.29 is 25.9 Å². The number of hydrogen-bond donors (Lipinski definition) is 2. The molecule has 1 aliphatic carbocycles. The van der Waals surface area contributed by atoms with Crippen molar-refractivity contribution in [3.05, 3.63) is 45.4 Å². The van der Waals surface area contributed by atoms with Crippen LogP contribution >= 0.6 is 0 Å². The molecule has 0 heterocycles. The van der Waals surface area contributed by atoms with Gasteiger partial charge in [0.1, 0.15) is 4.90 Å². The van der Waals surface area contributed by atoms with Crippen LogP contribution in [0, 0.1) is 6.92 Å². The normalized spacial score (nSPS) is 15.8. The molecule has 1 aliphatic rings. The molecule has 2 N–H and O–H groups in total. The van der Waals surface area contributed by atoms with Gasteiger partial charge in [-0.3, -0.25) is 9.11 Å². The molecule has 1 aromatic carbocycles. The second-order valence-electron chi connectivity index (χ2n) is 5.00. The Bertz CT molecular complexity index is 873. The Balaban J connectivity index is 2.89. The fraction of sp³-hybridized carbons (Fsp3) is 0.231. The van der Waals surface area contributed by atoms with Gasteiger partial charge in [0.25, 0.3) is 20.2 Å². The van der Waals surface area contributed by atoms with Crippen LogP contribution < -0.4 is 0 Å². The Morgan fingerprint density at radius 3 is 2.10 bits per heavy atom. The summed E-state index contributed by atoms with van der Waals surface area (Å²) >= 11 is 0. The lowest BCUT2D eigenvalue weighted by Crippen LogP contribution is -2.08. The molecule has 0 fully saturated rings. The maximum Gasteiger partial charge on any atom is 0.295 e. The standard InChI is InChI=1S/C13H14O6S2/c1-8-3-10-5-9(2)13(21(17,18)19)11(6-10)7-12(4-8)20(14,15)16/h4-7H,3H2,1-2H3,(H,14,15,16)(H,17,18,19). The summed E-state index contributed by atoms with van der Waals surface area (Å²) < 4.78 is 64.2. The van der Waals surface area contributed by atoms with Gasteiger partial charge in [0.15, 0.2) is 0 Å². The molecule has 0 amide bonds. The maximum absolute atomic E-state index is 11.5. The Morgan fingerprint density at radius 1 is 0.952 bits per heavy atom. The van der Waals surface area contributed by atoms with Gasteiger partial charge in [0.05, 0.1) is 4.91 Å². The second kappa shape index (κ2) is 5.06. The third kappa shape index (κ3) is 3.41. The summed E-state index contributed by atoms with van der Waals surface area (Å²) in [6.45, 7) is 3.22. The van der Waals surface area contributed by atoms with Crippen molar-refractivity contribution in [1.82, 2.24) is 0 Å². The molecular weight excluding hydrogens is 316 g/mol. The van der Waals surface area contributed by atoms with Crippen LogP contribution in [0.1, 0.15) is 23.6 Å². The van der Waals surface area contributed by atoms with Gasteiger partial charge in [-0.25, -0.2) is 0 Å². The highest BCUT2D eigenvalue weighted by Gasteiger charge is 2.22. The molecule has 0 saturated heterocycles. The quantitative estimate of drug-likeness (QED) is 0.803. The fourth-order valence-electron chi connectivity index (χ4n) is 2.40. The van der Waals surface area contributed by atoms with E-state index in [9.17, 15) is 25.9 Å². The lowest BCUT2D eigenvalue weighted by atomic mass is 9.98. The van der Waals surface area contributed by atoms with Crippen LogP contribution in [0.25, 0.3) is 6.08 Å². The van der Waals surface area contributed by atoms with Gasteiger partial charge >= 0.3 is 0 Å². The molecule has 2 rings (SSSR count). The molecular formula is C13H14O6S2. The summed E-state index contributed by atoms with van der Waals surface area (Å²) in [5, 5.41) is 0. The number of benzene rings is 1.